The van der Waals surface area contributed by atoms with Gasteiger partial charge in [-0.25, -0.2) is 4.98 Å². The van der Waals surface area contributed by atoms with Crippen molar-refractivity contribution in [1.29, 1.82) is 0 Å². The Kier molecular flexibility index (Phi) is 5.99. The number of amides is 1. The molecule has 0 spiro atoms. The number of carbonyl (C=O) groups is 1. The van der Waals surface area contributed by atoms with Gasteiger partial charge >= 0.3 is 0 Å². The lowest BCUT2D eigenvalue weighted by atomic mass is 10.2. The smallest absolute Gasteiger partial charge is 0.262 e. The van der Waals surface area contributed by atoms with Crippen molar-refractivity contribution >= 4 is 27.9 Å². The predicted octanol–water partition coefficient (Wildman–Crippen LogP) is 3.97. The molecule has 0 unspecified atom stereocenters. The van der Waals surface area contributed by atoms with Crippen LogP contribution in [0.3, 0.4) is 0 Å². The number of rotatable bonds is 7. The van der Waals surface area contributed by atoms with Crippen molar-refractivity contribution in [2.75, 3.05) is 11.9 Å². The average Bonchev–Trinajstić information content (AvgIpc) is 3.13. The van der Waals surface area contributed by atoms with Gasteiger partial charge in [0.05, 0.1) is 5.69 Å². The second-order valence-electron chi connectivity index (χ2n) is 7.05. The summed E-state index contributed by atoms with van der Waals surface area (Å²) in [7, 11) is 0. The van der Waals surface area contributed by atoms with Crippen molar-refractivity contribution in [3.8, 4) is 11.5 Å². The lowest BCUT2D eigenvalue weighted by Crippen LogP contribution is -2.20. The summed E-state index contributed by atoms with van der Waals surface area (Å²) in [5.41, 5.74) is 2.13. The van der Waals surface area contributed by atoms with Crippen molar-refractivity contribution in [2.24, 2.45) is 0 Å². The Morgan fingerprint density at radius 3 is 2.68 bits per heavy atom. The number of carbonyl (C=O) groups excluding carboxylic acids is 1. The molecule has 0 aliphatic heterocycles. The quantitative estimate of drug-likeness (QED) is 0.475. The maximum absolute atomic E-state index is 12.2. The standard InChI is InChI=1S/C23H21N3O4S/c1-15-6-8-19(9-7-15)30-14-21(27)24-17-4-3-5-20(10-17)29-13-18-11-22(28)26-12-16(2)31-23(26)25-18/h3-12H,13-14H2,1-2H3,(H,24,27). The minimum Gasteiger partial charge on any atom is -0.487 e. The van der Waals surface area contributed by atoms with Crippen LogP contribution in [-0.2, 0) is 11.4 Å². The van der Waals surface area contributed by atoms with Crippen LogP contribution in [0.15, 0.2) is 65.6 Å². The Bertz CT molecular complexity index is 1280. The Labute approximate surface area is 182 Å². The van der Waals surface area contributed by atoms with Crippen molar-refractivity contribution < 1.29 is 14.3 Å². The average molecular weight is 436 g/mol. The van der Waals surface area contributed by atoms with E-state index in [9.17, 15) is 9.59 Å². The minimum absolute atomic E-state index is 0.0950. The number of aryl methyl sites for hydroxylation is 2. The van der Waals surface area contributed by atoms with Gasteiger partial charge in [-0.2, -0.15) is 0 Å². The highest BCUT2D eigenvalue weighted by atomic mass is 32.1. The van der Waals surface area contributed by atoms with E-state index in [1.807, 2.05) is 38.1 Å². The fourth-order valence-electron chi connectivity index (χ4n) is 2.93. The Morgan fingerprint density at radius 2 is 1.87 bits per heavy atom. The second-order valence-corrected chi connectivity index (χ2v) is 8.26. The number of fused-ring (bicyclic) bond motifs is 1. The lowest BCUT2D eigenvalue weighted by molar-refractivity contribution is -0.118. The second kappa shape index (κ2) is 9.01. The molecule has 4 rings (SSSR count). The van der Waals surface area contributed by atoms with Gasteiger partial charge in [0.25, 0.3) is 11.5 Å². The van der Waals surface area contributed by atoms with Crippen LogP contribution in [0.2, 0.25) is 0 Å². The molecule has 0 saturated carbocycles. The molecule has 0 atom stereocenters. The molecular formula is C23H21N3O4S. The monoisotopic (exact) mass is 435 g/mol. The number of thiazole rings is 1. The number of anilines is 1. The molecule has 2 heterocycles. The van der Waals surface area contributed by atoms with Crippen LogP contribution in [-0.4, -0.2) is 21.9 Å². The molecule has 0 bridgehead atoms. The van der Waals surface area contributed by atoms with Gasteiger partial charge < -0.3 is 14.8 Å². The first-order chi connectivity index (χ1) is 15.0. The minimum atomic E-state index is -0.272. The van der Waals surface area contributed by atoms with Crippen LogP contribution in [0, 0.1) is 13.8 Å². The molecule has 0 aliphatic carbocycles. The number of hydrogen-bond acceptors (Lipinski definition) is 6. The maximum Gasteiger partial charge on any atom is 0.262 e. The van der Waals surface area contributed by atoms with E-state index in [2.05, 4.69) is 10.3 Å². The van der Waals surface area contributed by atoms with Crippen LogP contribution < -0.4 is 20.3 Å². The highest BCUT2D eigenvalue weighted by Crippen LogP contribution is 2.19. The summed E-state index contributed by atoms with van der Waals surface area (Å²) in [6.45, 7) is 3.97. The van der Waals surface area contributed by atoms with Gasteiger partial charge in [-0.15, -0.1) is 11.3 Å². The zero-order valence-corrected chi connectivity index (χ0v) is 17.9. The van der Waals surface area contributed by atoms with E-state index in [1.165, 1.54) is 21.8 Å². The number of hydrogen-bond donors (Lipinski definition) is 1. The Balaban J connectivity index is 1.35. The number of ether oxygens (including phenoxy) is 2. The molecule has 1 amide bonds. The maximum atomic E-state index is 12.2. The summed E-state index contributed by atoms with van der Waals surface area (Å²) in [6, 6.07) is 16.0. The lowest BCUT2D eigenvalue weighted by Gasteiger charge is -2.10. The number of nitrogens with one attached hydrogen (secondary N) is 1. The van der Waals surface area contributed by atoms with E-state index < -0.39 is 0 Å². The van der Waals surface area contributed by atoms with Crippen molar-refractivity contribution in [3.63, 3.8) is 0 Å². The van der Waals surface area contributed by atoms with Gasteiger partial charge in [-0.3, -0.25) is 14.0 Å². The Hall–Kier alpha value is -3.65. The molecule has 0 aliphatic rings. The summed E-state index contributed by atoms with van der Waals surface area (Å²) < 4.78 is 12.8. The van der Waals surface area contributed by atoms with Gasteiger partial charge in [-0.05, 0) is 38.1 Å². The van der Waals surface area contributed by atoms with Gasteiger partial charge in [0, 0.05) is 28.9 Å². The Morgan fingerprint density at radius 1 is 1.06 bits per heavy atom. The van der Waals surface area contributed by atoms with Gasteiger partial charge in [0.2, 0.25) is 0 Å². The zero-order valence-electron chi connectivity index (χ0n) is 17.1. The number of benzene rings is 2. The third-order valence-corrected chi connectivity index (χ3v) is 5.33. The van der Waals surface area contributed by atoms with Crippen molar-refractivity contribution in [1.82, 2.24) is 9.38 Å². The van der Waals surface area contributed by atoms with E-state index in [0.29, 0.717) is 27.8 Å². The molecule has 7 nitrogen and oxygen atoms in total. The van der Waals surface area contributed by atoms with Crippen molar-refractivity contribution in [2.45, 2.75) is 20.5 Å². The van der Waals surface area contributed by atoms with Gasteiger partial charge in [0.15, 0.2) is 11.6 Å². The van der Waals surface area contributed by atoms with E-state index in [4.69, 9.17) is 9.47 Å². The third-order valence-electron chi connectivity index (χ3n) is 4.43. The van der Waals surface area contributed by atoms with Crippen LogP contribution >= 0.6 is 11.3 Å². The topological polar surface area (TPSA) is 81.9 Å². The summed E-state index contributed by atoms with van der Waals surface area (Å²) >= 11 is 1.45. The van der Waals surface area contributed by atoms with E-state index in [1.54, 1.807) is 30.5 Å². The molecule has 2 aromatic heterocycles. The molecule has 2 aromatic carbocycles. The molecule has 4 aromatic rings. The van der Waals surface area contributed by atoms with E-state index >= 15 is 0 Å². The summed E-state index contributed by atoms with van der Waals surface area (Å²) in [5, 5.41) is 2.79. The molecule has 0 saturated heterocycles. The normalized spacial score (nSPS) is 10.8. The van der Waals surface area contributed by atoms with Gasteiger partial charge in [0.1, 0.15) is 18.1 Å². The molecule has 0 radical (unpaired) electrons. The molecular weight excluding hydrogens is 414 g/mol. The first-order valence-corrected chi connectivity index (χ1v) is 10.5. The van der Waals surface area contributed by atoms with E-state index in [0.717, 1.165) is 10.4 Å². The summed E-state index contributed by atoms with van der Waals surface area (Å²) in [4.78, 5) is 30.5. The first-order valence-electron chi connectivity index (χ1n) is 9.67. The van der Waals surface area contributed by atoms with Crippen LogP contribution in [0.5, 0.6) is 11.5 Å². The molecule has 158 valence electrons. The number of aromatic nitrogens is 2. The first kappa shape index (κ1) is 20.6. The van der Waals surface area contributed by atoms with Crippen LogP contribution in [0.1, 0.15) is 16.1 Å². The highest BCUT2D eigenvalue weighted by Gasteiger charge is 2.08. The van der Waals surface area contributed by atoms with E-state index in [-0.39, 0.29) is 24.7 Å². The van der Waals surface area contributed by atoms with Crippen molar-refractivity contribution in [3.05, 3.63) is 87.3 Å². The fourth-order valence-corrected chi connectivity index (χ4v) is 3.78. The summed E-state index contributed by atoms with van der Waals surface area (Å²) in [6.07, 6.45) is 1.77. The number of nitrogens with zero attached hydrogens (tertiary/aromatic N) is 2. The summed E-state index contributed by atoms with van der Waals surface area (Å²) in [5.74, 6) is 0.923. The largest absolute Gasteiger partial charge is 0.487 e. The third kappa shape index (κ3) is 5.29. The van der Waals surface area contributed by atoms with Crippen LogP contribution in [0.4, 0.5) is 5.69 Å². The highest BCUT2D eigenvalue weighted by molar-refractivity contribution is 7.16. The van der Waals surface area contributed by atoms with Gasteiger partial charge in [-0.1, -0.05) is 23.8 Å². The molecule has 0 fully saturated rings. The SMILES string of the molecule is Cc1ccc(OCC(=O)Nc2cccc(OCc3cc(=O)n4cc(C)sc4n3)c2)cc1. The fraction of sp³-hybridized carbons (Fsp3) is 0.174. The predicted molar refractivity (Wildman–Crippen MR) is 120 cm³/mol. The zero-order chi connectivity index (χ0) is 21.8. The van der Waals surface area contributed by atoms with Crippen LogP contribution in [0.25, 0.3) is 4.96 Å². The molecule has 8 heteroatoms. The molecule has 31 heavy (non-hydrogen) atoms. The molecule has 1 N–H and O–H groups in total.